The summed E-state index contributed by atoms with van der Waals surface area (Å²) in [7, 11) is 0. The number of nitrogens with zero attached hydrogens (tertiary/aromatic N) is 3. The molecule has 152 valence electrons. The van der Waals surface area contributed by atoms with E-state index in [9.17, 15) is 0 Å². The van der Waals surface area contributed by atoms with Crippen LogP contribution in [-0.4, -0.2) is 33.6 Å². The van der Waals surface area contributed by atoms with E-state index in [1.807, 2.05) is 36.5 Å². The molecule has 2 aromatic heterocycles. The van der Waals surface area contributed by atoms with Crippen LogP contribution in [0.4, 0.5) is 5.82 Å². The Labute approximate surface area is 180 Å². The Morgan fingerprint density at radius 1 is 1.03 bits per heavy atom. The van der Waals surface area contributed by atoms with Gasteiger partial charge in [0.15, 0.2) is 0 Å². The van der Waals surface area contributed by atoms with E-state index in [-0.39, 0.29) is 5.54 Å². The van der Waals surface area contributed by atoms with Gasteiger partial charge in [-0.05, 0) is 48.6 Å². The highest BCUT2D eigenvalue weighted by Crippen LogP contribution is 2.33. The number of hydrogen-bond donors (Lipinski definition) is 2. The molecule has 1 aliphatic rings. The van der Waals surface area contributed by atoms with Gasteiger partial charge >= 0.3 is 0 Å². The zero-order valence-corrected chi connectivity index (χ0v) is 17.4. The van der Waals surface area contributed by atoms with Gasteiger partial charge in [0.1, 0.15) is 17.8 Å². The number of nitrogens with one attached hydrogen (secondary N) is 1. The largest absolute Gasteiger partial charge is 0.356 e. The summed E-state index contributed by atoms with van der Waals surface area (Å²) >= 11 is 6.48. The fraction of sp³-hybridized carbons (Fsp3) is 0.250. The molecule has 0 bridgehead atoms. The highest BCUT2D eigenvalue weighted by Gasteiger charge is 2.32. The van der Waals surface area contributed by atoms with Crippen LogP contribution in [0, 0.1) is 0 Å². The smallest absolute Gasteiger partial charge is 0.142 e. The van der Waals surface area contributed by atoms with Crippen molar-refractivity contribution in [3.05, 3.63) is 77.7 Å². The van der Waals surface area contributed by atoms with Crippen molar-refractivity contribution >= 4 is 28.5 Å². The molecule has 30 heavy (non-hydrogen) atoms. The van der Waals surface area contributed by atoms with E-state index in [2.05, 4.69) is 44.1 Å². The number of rotatable bonds is 4. The third-order valence-corrected chi connectivity index (χ3v) is 6.39. The molecular formula is C24H24ClN5. The molecule has 1 aliphatic heterocycles. The predicted molar refractivity (Wildman–Crippen MR) is 123 cm³/mol. The Kier molecular flexibility index (Phi) is 4.93. The number of anilines is 1. The number of H-pyrrole nitrogens is 1. The fourth-order valence-electron chi connectivity index (χ4n) is 4.38. The number of piperidine rings is 1. The van der Waals surface area contributed by atoms with Crippen LogP contribution in [0.1, 0.15) is 18.4 Å². The SMILES string of the molecule is NC1(Cc2ccc(Cl)c(-c3ccccc3)c2)CCN(c2ncnc3[nH]ccc23)CC1. The molecule has 1 saturated heterocycles. The van der Waals surface area contributed by atoms with Crippen LogP contribution < -0.4 is 10.6 Å². The van der Waals surface area contributed by atoms with E-state index in [1.165, 1.54) is 5.56 Å². The van der Waals surface area contributed by atoms with Gasteiger partial charge in [-0.3, -0.25) is 0 Å². The summed E-state index contributed by atoms with van der Waals surface area (Å²) in [6, 6.07) is 18.6. The first-order valence-electron chi connectivity index (χ1n) is 10.3. The summed E-state index contributed by atoms with van der Waals surface area (Å²) in [4.78, 5) is 14.3. The van der Waals surface area contributed by atoms with E-state index in [1.54, 1.807) is 6.33 Å². The number of benzene rings is 2. The summed E-state index contributed by atoms with van der Waals surface area (Å²) in [5, 5.41) is 1.83. The summed E-state index contributed by atoms with van der Waals surface area (Å²) in [6.45, 7) is 1.76. The topological polar surface area (TPSA) is 70.8 Å². The Morgan fingerprint density at radius 2 is 1.83 bits per heavy atom. The van der Waals surface area contributed by atoms with Crippen molar-refractivity contribution in [3.63, 3.8) is 0 Å². The second-order valence-electron chi connectivity index (χ2n) is 8.14. The molecule has 0 aliphatic carbocycles. The molecule has 3 heterocycles. The van der Waals surface area contributed by atoms with Crippen LogP contribution in [0.25, 0.3) is 22.2 Å². The van der Waals surface area contributed by atoms with Crippen molar-refractivity contribution < 1.29 is 0 Å². The van der Waals surface area contributed by atoms with E-state index < -0.39 is 0 Å². The van der Waals surface area contributed by atoms with Crippen molar-refractivity contribution in [2.24, 2.45) is 5.73 Å². The maximum Gasteiger partial charge on any atom is 0.142 e. The summed E-state index contributed by atoms with van der Waals surface area (Å²) in [5.41, 5.74) is 10.9. The van der Waals surface area contributed by atoms with Gasteiger partial charge in [-0.1, -0.05) is 48.0 Å². The Balaban J connectivity index is 1.33. The molecule has 5 rings (SSSR count). The summed E-state index contributed by atoms with van der Waals surface area (Å²) in [6.07, 6.45) is 6.18. The number of halogens is 1. The van der Waals surface area contributed by atoms with E-state index in [0.717, 1.165) is 65.4 Å². The first kappa shape index (κ1) is 19.1. The minimum absolute atomic E-state index is 0.234. The second-order valence-corrected chi connectivity index (χ2v) is 8.55. The van der Waals surface area contributed by atoms with Crippen LogP contribution >= 0.6 is 11.6 Å². The first-order valence-corrected chi connectivity index (χ1v) is 10.6. The minimum atomic E-state index is -0.234. The van der Waals surface area contributed by atoms with E-state index in [0.29, 0.717) is 0 Å². The van der Waals surface area contributed by atoms with Crippen LogP contribution in [0.2, 0.25) is 5.02 Å². The van der Waals surface area contributed by atoms with Crippen LogP contribution in [-0.2, 0) is 6.42 Å². The third kappa shape index (κ3) is 3.66. The lowest BCUT2D eigenvalue weighted by Gasteiger charge is -2.40. The molecule has 1 fully saturated rings. The molecule has 0 spiro atoms. The molecule has 5 nitrogen and oxygen atoms in total. The molecule has 3 N–H and O–H groups in total. The average molecular weight is 418 g/mol. The molecule has 0 atom stereocenters. The molecule has 0 radical (unpaired) electrons. The quantitative estimate of drug-likeness (QED) is 0.499. The highest BCUT2D eigenvalue weighted by molar-refractivity contribution is 6.33. The maximum absolute atomic E-state index is 6.85. The second kappa shape index (κ2) is 7.74. The lowest BCUT2D eigenvalue weighted by Crippen LogP contribution is -2.52. The van der Waals surface area contributed by atoms with Crippen molar-refractivity contribution in [1.29, 1.82) is 0 Å². The van der Waals surface area contributed by atoms with Gasteiger partial charge in [-0.2, -0.15) is 0 Å². The van der Waals surface area contributed by atoms with Gasteiger partial charge in [0.2, 0.25) is 0 Å². The number of hydrogen-bond acceptors (Lipinski definition) is 4. The van der Waals surface area contributed by atoms with Gasteiger partial charge in [0, 0.05) is 35.4 Å². The summed E-state index contributed by atoms with van der Waals surface area (Å²) < 4.78 is 0. The monoisotopic (exact) mass is 417 g/mol. The normalized spacial score (nSPS) is 16.1. The third-order valence-electron chi connectivity index (χ3n) is 6.06. The molecule has 0 saturated carbocycles. The van der Waals surface area contributed by atoms with Gasteiger partial charge in [-0.25, -0.2) is 9.97 Å². The highest BCUT2D eigenvalue weighted by atomic mass is 35.5. The number of nitrogens with two attached hydrogens (primary N) is 1. The lowest BCUT2D eigenvalue weighted by molar-refractivity contribution is 0.330. The van der Waals surface area contributed by atoms with Crippen molar-refractivity contribution in [2.75, 3.05) is 18.0 Å². The fourth-order valence-corrected chi connectivity index (χ4v) is 4.61. The van der Waals surface area contributed by atoms with Crippen molar-refractivity contribution in [2.45, 2.75) is 24.8 Å². The average Bonchev–Trinajstić information content (AvgIpc) is 3.25. The predicted octanol–water partition coefficient (Wildman–Crippen LogP) is 4.82. The number of aromatic amines is 1. The zero-order chi connectivity index (χ0) is 20.6. The van der Waals surface area contributed by atoms with Crippen LogP contribution in [0.5, 0.6) is 0 Å². The molecular weight excluding hydrogens is 394 g/mol. The van der Waals surface area contributed by atoms with Crippen molar-refractivity contribution in [1.82, 2.24) is 15.0 Å². The molecule has 2 aromatic carbocycles. The molecule has 6 heteroatoms. The number of fused-ring (bicyclic) bond motifs is 1. The van der Waals surface area contributed by atoms with E-state index >= 15 is 0 Å². The molecule has 0 unspecified atom stereocenters. The Hall–Kier alpha value is -2.89. The van der Waals surface area contributed by atoms with Crippen LogP contribution in [0.15, 0.2) is 67.1 Å². The lowest BCUT2D eigenvalue weighted by atomic mass is 9.82. The van der Waals surface area contributed by atoms with E-state index in [4.69, 9.17) is 17.3 Å². The maximum atomic E-state index is 6.85. The van der Waals surface area contributed by atoms with Gasteiger partial charge < -0.3 is 15.6 Å². The summed E-state index contributed by atoms with van der Waals surface area (Å²) in [5.74, 6) is 0.987. The Morgan fingerprint density at radius 3 is 2.63 bits per heavy atom. The van der Waals surface area contributed by atoms with Crippen molar-refractivity contribution in [3.8, 4) is 11.1 Å². The standard InChI is InChI=1S/C24H24ClN5/c25-21-7-6-17(14-20(21)18-4-2-1-3-5-18)15-24(26)9-12-30(13-10-24)23-19-8-11-27-22(19)28-16-29-23/h1-8,11,14,16H,9-10,12-13,15,26H2,(H,27,28,29). The first-order chi connectivity index (χ1) is 14.6. The Bertz CT molecular complexity index is 1160. The molecule has 4 aromatic rings. The zero-order valence-electron chi connectivity index (χ0n) is 16.7. The number of aromatic nitrogens is 3. The molecule has 0 amide bonds. The van der Waals surface area contributed by atoms with Gasteiger partial charge in [0.05, 0.1) is 5.39 Å². The van der Waals surface area contributed by atoms with Crippen LogP contribution in [0.3, 0.4) is 0 Å². The van der Waals surface area contributed by atoms with Gasteiger partial charge in [-0.15, -0.1) is 0 Å². The van der Waals surface area contributed by atoms with Gasteiger partial charge in [0.25, 0.3) is 0 Å². The minimum Gasteiger partial charge on any atom is -0.356 e.